The van der Waals surface area contributed by atoms with Crippen molar-refractivity contribution in [3.8, 4) is 0 Å². The van der Waals surface area contributed by atoms with Crippen LogP contribution in [0.25, 0.3) is 0 Å². The molecule has 0 radical (unpaired) electrons. The normalized spacial score (nSPS) is 12.0. The largest absolute Gasteiger partial charge is 0.355 e. The van der Waals surface area contributed by atoms with Crippen LogP contribution in [0.2, 0.25) is 5.02 Å². The van der Waals surface area contributed by atoms with Gasteiger partial charge in [-0.25, -0.2) is 8.42 Å². The highest BCUT2D eigenvalue weighted by Gasteiger charge is 2.34. The van der Waals surface area contributed by atoms with Crippen LogP contribution in [0.3, 0.4) is 0 Å². The maximum absolute atomic E-state index is 13.9. The number of halogens is 1. The lowest BCUT2D eigenvalue weighted by molar-refractivity contribution is -0.140. The van der Waals surface area contributed by atoms with Gasteiger partial charge in [0.15, 0.2) is 0 Å². The number of benzene rings is 3. The van der Waals surface area contributed by atoms with E-state index in [4.69, 9.17) is 11.6 Å². The van der Waals surface area contributed by atoms with Crippen LogP contribution >= 0.6 is 11.6 Å². The summed E-state index contributed by atoms with van der Waals surface area (Å²) >= 11 is 6.24. The van der Waals surface area contributed by atoms with Crippen LogP contribution in [-0.2, 0) is 26.2 Å². The van der Waals surface area contributed by atoms with E-state index in [1.807, 2.05) is 44.2 Å². The van der Waals surface area contributed by atoms with Gasteiger partial charge >= 0.3 is 0 Å². The Bertz CT molecular complexity index is 1320. The lowest BCUT2D eigenvalue weighted by Gasteiger charge is -2.33. The molecule has 3 rings (SSSR count). The van der Waals surface area contributed by atoms with Gasteiger partial charge in [0.05, 0.1) is 10.6 Å². The maximum atomic E-state index is 13.9. The van der Waals surface area contributed by atoms with Crippen molar-refractivity contribution in [1.82, 2.24) is 10.2 Å². The Morgan fingerprint density at radius 3 is 2.16 bits per heavy atom. The number of hydrogen-bond donors (Lipinski definition) is 1. The molecule has 0 aliphatic rings. The zero-order valence-corrected chi connectivity index (χ0v) is 22.8. The molecule has 9 heteroatoms. The minimum Gasteiger partial charge on any atom is -0.355 e. The Kier molecular flexibility index (Phi) is 9.72. The number of sulfonamides is 1. The zero-order chi connectivity index (χ0) is 27.0. The van der Waals surface area contributed by atoms with Gasteiger partial charge in [0.1, 0.15) is 12.6 Å². The van der Waals surface area contributed by atoms with E-state index < -0.39 is 28.5 Å². The molecule has 0 saturated heterocycles. The van der Waals surface area contributed by atoms with Gasteiger partial charge in [0, 0.05) is 18.1 Å². The average molecular weight is 542 g/mol. The van der Waals surface area contributed by atoms with Crippen molar-refractivity contribution >= 4 is 39.1 Å². The van der Waals surface area contributed by atoms with E-state index in [2.05, 4.69) is 5.32 Å². The van der Waals surface area contributed by atoms with Crippen LogP contribution in [-0.4, -0.2) is 44.3 Å². The van der Waals surface area contributed by atoms with E-state index >= 15 is 0 Å². The third kappa shape index (κ3) is 6.90. The molecule has 37 heavy (non-hydrogen) atoms. The number of nitrogens with zero attached hydrogens (tertiary/aromatic N) is 2. The summed E-state index contributed by atoms with van der Waals surface area (Å²) in [6.07, 6.45) is 0.367. The quantitative estimate of drug-likeness (QED) is 0.378. The molecule has 1 unspecified atom stereocenters. The Labute approximate surface area is 224 Å². The second-order valence-corrected chi connectivity index (χ2v) is 10.9. The molecule has 0 spiro atoms. The molecule has 7 nitrogen and oxygen atoms in total. The molecule has 3 aromatic carbocycles. The Balaban J connectivity index is 2.08. The second-order valence-electron chi connectivity index (χ2n) is 8.58. The van der Waals surface area contributed by atoms with Crippen molar-refractivity contribution in [1.29, 1.82) is 0 Å². The Morgan fingerprint density at radius 1 is 0.946 bits per heavy atom. The standard InChI is InChI=1S/C28H32ClN3O4S/c1-4-25(28(34)30-5-2)31(19-22-12-8-6-9-13-22)27(33)20-32(26-18-23(29)17-16-21(26)3)37(35,36)24-14-10-7-11-15-24/h6-18,25H,4-5,19-20H2,1-3H3,(H,30,34). The molecule has 0 fully saturated rings. The smallest absolute Gasteiger partial charge is 0.264 e. The first kappa shape index (κ1) is 28.2. The first-order valence-electron chi connectivity index (χ1n) is 12.1. The van der Waals surface area contributed by atoms with Crippen LogP contribution < -0.4 is 9.62 Å². The van der Waals surface area contributed by atoms with Crippen LogP contribution in [0, 0.1) is 6.92 Å². The number of likely N-dealkylation sites (N-methyl/N-ethyl adjacent to an activating group) is 1. The van der Waals surface area contributed by atoms with E-state index in [1.165, 1.54) is 23.1 Å². The monoisotopic (exact) mass is 541 g/mol. The van der Waals surface area contributed by atoms with Gasteiger partial charge in [-0.15, -0.1) is 0 Å². The molecule has 3 aromatic rings. The summed E-state index contributed by atoms with van der Waals surface area (Å²) < 4.78 is 28.7. The third-order valence-electron chi connectivity index (χ3n) is 5.98. The molecule has 0 aromatic heterocycles. The summed E-state index contributed by atoms with van der Waals surface area (Å²) in [6.45, 7) is 5.47. The lowest BCUT2D eigenvalue weighted by atomic mass is 10.1. The van der Waals surface area contributed by atoms with Crippen molar-refractivity contribution in [3.05, 3.63) is 95.0 Å². The summed E-state index contributed by atoms with van der Waals surface area (Å²) in [5.41, 5.74) is 1.77. The molecule has 1 N–H and O–H groups in total. The van der Waals surface area contributed by atoms with E-state index in [-0.39, 0.29) is 17.3 Å². The number of amides is 2. The van der Waals surface area contributed by atoms with Crippen LogP contribution in [0.15, 0.2) is 83.8 Å². The molecule has 2 amide bonds. The van der Waals surface area contributed by atoms with Crippen molar-refractivity contribution < 1.29 is 18.0 Å². The molecule has 0 aliphatic heterocycles. The zero-order valence-electron chi connectivity index (χ0n) is 21.2. The molecular weight excluding hydrogens is 510 g/mol. The SMILES string of the molecule is CCNC(=O)C(CC)N(Cc1ccccc1)C(=O)CN(c1cc(Cl)ccc1C)S(=O)(=O)c1ccccc1. The predicted molar refractivity (Wildman–Crippen MR) is 147 cm³/mol. The van der Waals surface area contributed by atoms with Crippen LogP contribution in [0.5, 0.6) is 0 Å². The summed E-state index contributed by atoms with van der Waals surface area (Å²) in [4.78, 5) is 28.4. The Hall–Kier alpha value is -3.36. The minimum atomic E-state index is -4.13. The lowest BCUT2D eigenvalue weighted by Crippen LogP contribution is -2.52. The highest BCUT2D eigenvalue weighted by molar-refractivity contribution is 7.92. The van der Waals surface area contributed by atoms with E-state index in [1.54, 1.807) is 37.3 Å². The molecule has 1 atom stereocenters. The highest BCUT2D eigenvalue weighted by Crippen LogP contribution is 2.30. The van der Waals surface area contributed by atoms with E-state index in [0.29, 0.717) is 29.2 Å². The van der Waals surface area contributed by atoms with E-state index in [0.717, 1.165) is 9.87 Å². The molecule has 0 saturated carbocycles. The molecule has 0 aliphatic carbocycles. The number of carbonyl (C=O) groups excluding carboxylic acids is 2. The fourth-order valence-corrected chi connectivity index (χ4v) is 5.73. The first-order chi connectivity index (χ1) is 17.7. The molecule has 196 valence electrons. The van der Waals surface area contributed by atoms with E-state index in [9.17, 15) is 18.0 Å². The molecule has 0 bridgehead atoms. The van der Waals surface area contributed by atoms with Gasteiger partial charge in [0.2, 0.25) is 11.8 Å². The third-order valence-corrected chi connectivity index (χ3v) is 7.99. The van der Waals surface area contributed by atoms with Crippen molar-refractivity contribution in [2.24, 2.45) is 0 Å². The molecular formula is C28H32ClN3O4S. The second kappa shape index (κ2) is 12.7. The van der Waals surface area contributed by atoms with Gasteiger partial charge < -0.3 is 10.2 Å². The van der Waals surface area contributed by atoms with Crippen molar-refractivity contribution in [3.63, 3.8) is 0 Å². The number of hydrogen-bond acceptors (Lipinski definition) is 4. The summed E-state index contributed by atoms with van der Waals surface area (Å²) in [6, 6.07) is 21.4. The fourth-order valence-electron chi connectivity index (χ4n) is 4.08. The van der Waals surface area contributed by atoms with Gasteiger partial charge in [-0.3, -0.25) is 13.9 Å². The predicted octanol–water partition coefficient (Wildman–Crippen LogP) is 4.79. The highest BCUT2D eigenvalue weighted by atomic mass is 35.5. The number of anilines is 1. The van der Waals surface area contributed by atoms with Crippen LogP contribution in [0.4, 0.5) is 5.69 Å². The fraction of sp³-hybridized carbons (Fsp3) is 0.286. The average Bonchev–Trinajstić information content (AvgIpc) is 2.89. The summed E-state index contributed by atoms with van der Waals surface area (Å²) in [7, 11) is -4.13. The number of aryl methyl sites for hydroxylation is 1. The van der Waals surface area contributed by atoms with Crippen molar-refractivity contribution in [2.75, 3.05) is 17.4 Å². The van der Waals surface area contributed by atoms with Gasteiger partial charge in [0.25, 0.3) is 10.0 Å². The van der Waals surface area contributed by atoms with Gasteiger partial charge in [-0.05, 0) is 55.7 Å². The summed E-state index contributed by atoms with van der Waals surface area (Å²) in [5.74, 6) is -0.786. The van der Waals surface area contributed by atoms with Gasteiger partial charge in [-0.1, -0.05) is 73.1 Å². The first-order valence-corrected chi connectivity index (χ1v) is 14.0. The number of nitrogens with one attached hydrogen (secondary N) is 1. The minimum absolute atomic E-state index is 0.0487. The summed E-state index contributed by atoms with van der Waals surface area (Å²) in [5, 5.41) is 3.14. The van der Waals surface area contributed by atoms with Crippen molar-refractivity contribution in [2.45, 2.75) is 44.7 Å². The number of rotatable bonds is 11. The maximum Gasteiger partial charge on any atom is 0.264 e. The van der Waals surface area contributed by atoms with Gasteiger partial charge in [-0.2, -0.15) is 0 Å². The van der Waals surface area contributed by atoms with Crippen LogP contribution in [0.1, 0.15) is 31.4 Å². The molecule has 0 heterocycles. The number of carbonyl (C=O) groups is 2. The Morgan fingerprint density at radius 2 is 1.57 bits per heavy atom. The topological polar surface area (TPSA) is 86.8 Å².